The lowest BCUT2D eigenvalue weighted by Gasteiger charge is -2.24. The Bertz CT molecular complexity index is 333. The number of likely N-dealkylation sites (N-methyl/N-ethyl adjacent to an activating group) is 1. The number of nitrogens with one attached hydrogen (secondary N) is 1. The Kier molecular flexibility index (Phi) is 6.93. The number of pyridine rings is 1. The van der Waals surface area contributed by atoms with Gasteiger partial charge in [-0.15, -0.1) is 0 Å². The zero-order valence-electron chi connectivity index (χ0n) is 10.7. The molecule has 0 aliphatic carbocycles. The van der Waals surface area contributed by atoms with E-state index in [9.17, 15) is 0 Å². The Morgan fingerprint density at radius 1 is 1.53 bits per heavy atom. The summed E-state index contributed by atoms with van der Waals surface area (Å²) in [4.78, 5) is 4.02. The fraction of sp³-hybridized carbons (Fsp3) is 0.615. The van der Waals surface area contributed by atoms with Crippen molar-refractivity contribution in [1.82, 2.24) is 10.3 Å². The second-order valence-electron chi connectivity index (χ2n) is 4.27. The van der Waals surface area contributed by atoms with Crippen LogP contribution in [-0.2, 0) is 6.42 Å². The zero-order chi connectivity index (χ0) is 12.7. The van der Waals surface area contributed by atoms with Gasteiger partial charge in [-0.2, -0.15) is 11.8 Å². The molecule has 0 radical (unpaired) electrons. The summed E-state index contributed by atoms with van der Waals surface area (Å²) in [6, 6.07) is 2.49. The van der Waals surface area contributed by atoms with Gasteiger partial charge in [0.1, 0.15) is 0 Å². The summed E-state index contributed by atoms with van der Waals surface area (Å²) in [5.41, 5.74) is 1.18. The molecule has 0 aromatic carbocycles. The van der Waals surface area contributed by atoms with Crippen molar-refractivity contribution in [3.8, 4) is 0 Å². The van der Waals surface area contributed by atoms with Crippen molar-refractivity contribution < 1.29 is 0 Å². The molecule has 2 nitrogen and oxygen atoms in total. The van der Waals surface area contributed by atoms with Crippen molar-refractivity contribution in [2.24, 2.45) is 5.92 Å². The minimum atomic E-state index is 0.479. The molecule has 0 spiro atoms. The highest BCUT2D eigenvalue weighted by Crippen LogP contribution is 2.19. The summed E-state index contributed by atoms with van der Waals surface area (Å²) in [5.74, 6) is 1.80. The van der Waals surface area contributed by atoms with Crippen LogP contribution in [0, 0.1) is 5.92 Å². The van der Waals surface area contributed by atoms with Crippen molar-refractivity contribution >= 4 is 23.4 Å². The van der Waals surface area contributed by atoms with Gasteiger partial charge in [0.2, 0.25) is 0 Å². The van der Waals surface area contributed by atoms with Gasteiger partial charge in [0.25, 0.3) is 0 Å². The smallest absolute Gasteiger partial charge is 0.0621 e. The molecule has 0 aliphatic rings. The zero-order valence-corrected chi connectivity index (χ0v) is 12.3. The molecule has 96 valence electrons. The number of aromatic nitrogens is 1. The number of halogens is 1. The first-order valence-electron chi connectivity index (χ1n) is 5.99. The highest BCUT2D eigenvalue weighted by atomic mass is 35.5. The van der Waals surface area contributed by atoms with Crippen molar-refractivity contribution in [3.63, 3.8) is 0 Å². The fourth-order valence-electron chi connectivity index (χ4n) is 1.92. The average Bonchev–Trinajstić information content (AvgIpc) is 2.31. The van der Waals surface area contributed by atoms with Crippen LogP contribution in [0.4, 0.5) is 0 Å². The molecule has 1 aromatic rings. The highest BCUT2D eigenvalue weighted by molar-refractivity contribution is 7.98. The van der Waals surface area contributed by atoms with Gasteiger partial charge < -0.3 is 5.32 Å². The predicted octanol–water partition coefficient (Wildman–Crippen LogP) is 3.25. The highest BCUT2D eigenvalue weighted by Gasteiger charge is 2.17. The summed E-state index contributed by atoms with van der Waals surface area (Å²) in [6.45, 7) is 5.43. The van der Waals surface area contributed by atoms with Gasteiger partial charge in [-0.05, 0) is 42.5 Å². The number of hydrogen-bond acceptors (Lipinski definition) is 3. The maximum Gasteiger partial charge on any atom is 0.0621 e. The standard InChI is InChI=1S/C13H21ClN2S/c1-4-16-13(10(2)9-17-3)7-11-5-6-15-8-12(11)14/h5-6,8,10,13,16H,4,7,9H2,1-3H3. The first-order chi connectivity index (χ1) is 8.19. The van der Waals surface area contributed by atoms with E-state index in [0.717, 1.165) is 18.0 Å². The topological polar surface area (TPSA) is 24.9 Å². The van der Waals surface area contributed by atoms with Crippen LogP contribution in [0.5, 0.6) is 0 Å². The molecule has 0 fully saturated rings. The predicted molar refractivity (Wildman–Crippen MR) is 78.0 cm³/mol. The minimum absolute atomic E-state index is 0.479. The van der Waals surface area contributed by atoms with E-state index in [-0.39, 0.29) is 0 Å². The van der Waals surface area contributed by atoms with E-state index in [1.165, 1.54) is 11.3 Å². The summed E-state index contributed by atoms with van der Waals surface area (Å²) in [5, 5.41) is 4.32. The molecule has 0 saturated heterocycles. The van der Waals surface area contributed by atoms with Crippen LogP contribution in [0.15, 0.2) is 18.5 Å². The van der Waals surface area contributed by atoms with Crippen LogP contribution in [0.25, 0.3) is 0 Å². The van der Waals surface area contributed by atoms with Crippen LogP contribution in [0.2, 0.25) is 5.02 Å². The normalized spacial score (nSPS) is 14.6. The lowest BCUT2D eigenvalue weighted by molar-refractivity contribution is 0.410. The number of thioether (sulfide) groups is 1. The minimum Gasteiger partial charge on any atom is -0.314 e. The molecule has 0 bridgehead atoms. The van der Waals surface area contributed by atoms with Crippen molar-refractivity contribution in [1.29, 1.82) is 0 Å². The Balaban J connectivity index is 2.69. The number of nitrogens with zero attached hydrogens (tertiary/aromatic N) is 1. The molecule has 1 heterocycles. The molecule has 0 amide bonds. The van der Waals surface area contributed by atoms with Crippen molar-refractivity contribution in [3.05, 3.63) is 29.0 Å². The summed E-state index contributed by atoms with van der Waals surface area (Å²) in [6.07, 6.45) is 6.65. The molecule has 2 unspecified atom stereocenters. The molecule has 0 aliphatic heterocycles. The van der Waals surface area contributed by atoms with E-state index in [1.807, 2.05) is 24.0 Å². The Morgan fingerprint density at radius 2 is 2.29 bits per heavy atom. The first-order valence-corrected chi connectivity index (χ1v) is 7.76. The number of rotatable bonds is 7. The molecule has 17 heavy (non-hydrogen) atoms. The molecule has 0 saturated carbocycles. The Morgan fingerprint density at radius 3 is 2.88 bits per heavy atom. The first kappa shape index (κ1) is 14.8. The molecule has 1 aromatic heterocycles. The van der Waals surface area contributed by atoms with E-state index in [0.29, 0.717) is 12.0 Å². The van der Waals surface area contributed by atoms with Gasteiger partial charge in [-0.25, -0.2) is 0 Å². The second kappa shape index (κ2) is 7.96. The quantitative estimate of drug-likeness (QED) is 0.825. The monoisotopic (exact) mass is 272 g/mol. The van der Waals surface area contributed by atoms with E-state index < -0.39 is 0 Å². The van der Waals surface area contributed by atoms with Crippen LogP contribution in [0.1, 0.15) is 19.4 Å². The lowest BCUT2D eigenvalue weighted by atomic mass is 9.97. The lowest BCUT2D eigenvalue weighted by Crippen LogP contribution is -2.37. The van der Waals surface area contributed by atoms with Crippen molar-refractivity contribution in [2.45, 2.75) is 26.3 Å². The fourth-order valence-corrected chi connectivity index (χ4v) is 2.88. The Labute approximate surface area is 114 Å². The van der Waals surface area contributed by atoms with Crippen LogP contribution in [-0.4, -0.2) is 29.6 Å². The second-order valence-corrected chi connectivity index (χ2v) is 5.59. The van der Waals surface area contributed by atoms with E-state index >= 15 is 0 Å². The molecular formula is C13H21ClN2S. The van der Waals surface area contributed by atoms with Gasteiger partial charge in [0.05, 0.1) is 5.02 Å². The third-order valence-corrected chi connectivity index (χ3v) is 4.08. The van der Waals surface area contributed by atoms with Crippen LogP contribution >= 0.6 is 23.4 Å². The maximum absolute atomic E-state index is 6.15. The van der Waals surface area contributed by atoms with E-state index in [4.69, 9.17) is 11.6 Å². The average molecular weight is 273 g/mol. The molecule has 1 N–H and O–H groups in total. The molecule has 4 heteroatoms. The molecule has 2 atom stereocenters. The van der Waals surface area contributed by atoms with Gasteiger partial charge in [-0.3, -0.25) is 4.98 Å². The third-order valence-electron chi connectivity index (χ3n) is 2.88. The van der Waals surface area contributed by atoms with Gasteiger partial charge in [0, 0.05) is 18.4 Å². The summed E-state index contributed by atoms with van der Waals surface area (Å²) in [7, 11) is 0. The Hall–Kier alpha value is -0.250. The summed E-state index contributed by atoms with van der Waals surface area (Å²) >= 11 is 8.05. The van der Waals surface area contributed by atoms with Crippen LogP contribution in [0.3, 0.4) is 0 Å². The van der Waals surface area contributed by atoms with Crippen molar-refractivity contribution in [2.75, 3.05) is 18.6 Å². The van der Waals surface area contributed by atoms with Crippen LogP contribution < -0.4 is 5.32 Å². The van der Waals surface area contributed by atoms with Gasteiger partial charge in [-0.1, -0.05) is 25.4 Å². The third kappa shape index (κ3) is 4.86. The SMILES string of the molecule is CCNC(Cc1ccncc1Cl)C(C)CSC. The maximum atomic E-state index is 6.15. The van der Waals surface area contributed by atoms with E-state index in [1.54, 1.807) is 6.20 Å². The number of hydrogen-bond donors (Lipinski definition) is 1. The molecular weight excluding hydrogens is 252 g/mol. The van der Waals surface area contributed by atoms with E-state index in [2.05, 4.69) is 30.4 Å². The summed E-state index contributed by atoms with van der Waals surface area (Å²) < 4.78 is 0. The van der Waals surface area contributed by atoms with Gasteiger partial charge in [0.15, 0.2) is 0 Å². The van der Waals surface area contributed by atoms with Gasteiger partial charge >= 0.3 is 0 Å². The largest absolute Gasteiger partial charge is 0.314 e. The molecule has 1 rings (SSSR count).